The fourth-order valence-corrected chi connectivity index (χ4v) is 3.63. The molecule has 0 radical (unpaired) electrons. The number of thiazole rings is 1. The number of anilines is 1. The monoisotopic (exact) mass is 352 g/mol. The normalized spacial score (nSPS) is 11.3. The molecule has 0 atom stereocenters. The first-order chi connectivity index (χ1) is 10.7. The maximum absolute atomic E-state index is 11.9. The summed E-state index contributed by atoms with van der Waals surface area (Å²) in [6, 6.07) is 3.94. The van der Waals surface area contributed by atoms with Gasteiger partial charge in [0.15, 0.2) is 5.13 Å². The number of nitrogens with two attached hydrogens (primary N) is 1. The molecule has 2 heterocycles. The van der Waals surface area contributed by atoms with Crippen LogP contribution >= 0.6 is 22.7 Å². The summed E-state index contributed by atoms with van der Waals surface area (Å²) in [6.45, 7) is 7.26. The van der Waals surface area contributed by atoms with Gasteiger partial charge in [0.1, 0.15) is 0 Å². The molecule has 0 saturated carbocycles. The van der Waals surface area contributed by atoms with E-state index in [0.29, 0.717) is 11.7 Å². The first-order valence-corrected chi connectivity index (χ1v) is 8.71. The van der Waals surface area contributed by atoms with E-state index in [0.717, 1.165) is 20.3 Å². The minimum atomic E-state index is -0.950. The van der Waals surface area contributed by atoms with Gasteiger partial charge in [-0.05, 0) is 32.9 Å². The Labute approximate surface area is 143 Å². The second kappa shape index (κ2) is 6.77. The van der Waals surface area contributed by atoms with Crippen molar-refractivity contribution in [3.63, 3.8) is 0 Å². The molecule has 0 saturated heterocycles. The molecule has 6 nitrogen and oxygen atoms in total. The van der Waals surface area contributed by atoms with Crippen LogP contribution in [0.5, 0.6) is 0 Å². The van der Waals surface area contributed by atoms with Gasteiger partial charge in [-0.25, -0.2) is 4.98 Å². The predicted molar refractivity (Wildman–Crippen MR) is 94.6 cm³/mol. The predicted octanol–water partition coefficient (Wildman–Crippen LogP) is 2.49. The van der Waals surface area contributed by atoms with Crippen molar-refractivity contribution in [2.75, 3.05) is 5.32 Å². The number of hydrogen-bond acceptors (Lipinski definition) is 6. The average molecular weight is 352 g/mol. The molecule has 0 aliphatic rings. The number of aryl methyl sites for hydroxylation is 1. The van der Waals surface area contributed by atoms with E-state index in [1.165, 1.54) is 18.3 Å². The van der Waals surface area contributed by atoms with Crippen LogP contribution in [0.4, 0.5) is 5.13 Å². The van der Waals surface area contributed by atoms with Crippen molar-refractivity contribution < 1.29 is 9.59 Å². The number of rotatable bonds is 5. The molecule has 0 fully saturated rings. The second-order valence-electron chi connectivity index (χ2n) is 5.78. The van der Waals surface area contributed by atoms with Gasteiger partial charge in [-0.15, -0.1) is 22.7 Å². The molecule has 0 spiro atoms. The van der Waals surface area contributed by atoms with Crippen LogP contribution < -0.4 is 16.4 Å². The standard InChI is InChI=1S/C15H20N4O2S2/c1-8-12(11-6-5-10(23-11)7-17-9(2)20)18-14(22-8)19-13(21)15(3,4)16/h5-6H,7,16H2,1-4H3,(H,17,20)(H,18,19,21). The van der Waals surface area contributed by atoms with E-state index in [4.69, 9.17) is 5.73 Å². The molecular formula is C15H20N4O2S2. The molecule has 0 aliphatic carbocycles. The highest BCUT2D eigenvalue weighted by Crippen LogP contribution is 2.34. The minimum absolute atomic E-state index is 0.0563. The van der Waals surface area contributed by atoms with Crippen molar-refractivity contribution in [2.24, 2.45) is 5.73 Å². The van der Waals surface area contributed by atoms with Gasteiger partial charge in [0, 0.05) is 16.7 Å². The van der Waals surface area contributed by atoms with Gasteiger partial charge in [-0.1, -0.05) is 0 Å². The molecule has 0 aliphatic heterocycles. The van der Waals surface area contributed by atoms with Crippen LogP contribution in [-0.2, 0) is 16.1 Å². The summed E-state index contributed by atoms with van der Waals surface area (Å²) >= 11 is 2.99. The Kier molecular flexibility index (Phi) is 5.18. The zero-order chi connectivity index (χ0) is 17.2. The van der Waals surface area contributed by atoms with E-state index in [9.17, 15) is 9.59 Å². The third kappa shape index (κ3) is 4.60. The van der Waals surface area contributed by atoms with E-state index in [-0.39, 0.29) is 11.8 Å². The van der Waals surface area contributed by atoms with E-state index in [2.05, 4.69) is 15.6 Å². The zero-order valence-electron chi connectivity index (χ0n) is 13.5. The second-order valence-corrected chi connectivity index (χ2v) is 8.15. The quantitative estimate of drug-likeness (QED) is 0.770. The van der Waals surface area contributed by atoms with Crippen LogP contribution in [0.1, 0.15) is 30.5 Å². The van der Waals surface area contributed by atoms with Crippen LogP contribution in [-0.4, -0.2) is 22.3 Å². The fraction of sp³-hybridized carbons (Fsp3) is 0.400. The molecule has 2 amide bonds. The summed E-state index contributed by atoms with van der Waals surface area (Å²) in [4.78, 5) is 30.5. The lowest BCUT2D eigenvalue weighted by atomic mass is 10.1. The average Bonchev–Trinajstić information content (AvgIpc) is 3.02. The number of nitrogens with one attached hydrogen (secondary N) is 2. The van der Waals surface area contributed by atoms with Crippen LogP contribution in [0.25, 0.3) is 10.6 Å². The molecule has 23 heavy (non-hydrogen) atoms. The Balaban J connectivity index is 2.15. The van der Waals surface area contributed by atoms with Gasteiger partial charge in [0.25, 0.3) is 0 Å². The SMILES string of the molecule is CC(=O)NCc1ccc(-c2nc(NC(=O)C(C)(C)N)sc2C)s1. The van der Waals surface area contributed by atoms with E-state index >= 15 is 0 Å². The highest BCUT2D eigenvalue weighted by atomic mass is 32.1. The summed E-state index contributed by atoms with van der Waals surface area (Å²) in [5.74, 6) is -0.325. The molecular weight excluding hydrogens is 332 g/mol. The Hall–Kier alpha value is -1.77. The number of amides is 2. The van der Waals surface area contributed by atoms with Gasteiger partial charge in [0.2, 0.25) is 11.8 Å². The summed E-state index contributed by atoms with van der Waals surface area (Å²) in [5.41, 5.74) is 5.67. The molecule has 124 valence electrons. The Morgan fingerprint density at radius 1 is 1.30 bits per heavy atom. The van der Waals surface area contributed by atoms with Crippen LogP contribution in [0.2, 0.25) is 0 Å². The lowest BCUT2D eigenvalue weighted by molar-refractivity contribution is -0.120. The first-order valence-electron chi connectivity index (χ1n) is 7.08. The van der Waals surface area contributed by atoms with E-state index in [1.54, 1.807) is 25.2 Å². The van der Waals surface area contributed by atoms with Crippen molar-refractivity contribution in [3.05, 3.63) is 21.9 Å². The van der Waals surface area contributed by atoms with Crippen molar-refractivity contribution in [1.82, 2.24) is 10.3 Å². The molecule has 0 aromatic carbocycles. The van der Waals surface area contributed by atoms with Gasteiger partial charge in [0.05, 0.1) is 22.7 Å². The number of nitrogens with zero attached hydrogens (tertiary/aromatic N) is 1. The molecule has 2 aromatic rings. The van der Waals surface area contributed by atoms with Crippen molar-refractivity contribution in [2.45, 2.75) is 39.8 Å². The lowest BCUT2D eigenvalue weighted by Gasteiger charge is -2.16. The summed E-state index contributed by atoms with van der Waals surface area (Å²) < 4.78 is 0. The lowest BCUT2D eigenvalue weighted by Crippen LogP contribution is -2.45. The third-order valence-electron chi connectivity index (χ3n) is 3.01. The Bertz CT molecular complexity index is 728. The molecule has 2 aromatic heterocycles. The largest absolute Gasteiger partial charge is 0.351 e. The number of carbonyl (C=O) groups excluding carboxylic acids is 2. The number of aromatic nitrogens is 1. The topological polar surface area (TPSA) is 97.1 Å². The van der Waals surface area contributed by atoms with Gasteiger partial charge >= 0.3 is 0 Å². The number of carbonyl (C=O) groups is 2. The van der Waals surface area contributed by atoms with Gasteiger partial charge < -0.3 is 16.4 Å². The van der Waals surface area contributed by atoms with Crippen LogP contribution in [0, 0.1) is 6.92 Å². The number of hydrogen-bond donors (Lipinski definition) is 3. The minimum Gasteiger partial charge on any atom is -0.351 e. The summed E-state index contributed by atoms with van der Waals surface area (Å²) in [5, 5.41) is 6.06. The highest BCUT2D eigenvalue weighted by molar-refractivity contribution is 7.18. The van der Waals surface area contributed by atoms with Crippen molar-refractivity contribution in [3.8, 4) is 10.6 Å². The van der Waals surface area contributed by atoms with Crippen LogP contribution in [0.3, 0.4) is 0 Å². The maximum atomic E-state index is 11.9. The van der Waals surface area contributed by atoms with Crippen molar-refractivity contribution >= 4 is 39.6 Å². The van der Waals surface area contributed by atoms with E-state index < -0.39 is 5.54 Å². The molecule has 2 rings (SSSR count). The van der Waals surface area contributed by atoms with Gasteiger partial charge in [-0.3, -0.25) is 9.59 Å². The fourth-order valence-electron chi connectivity index (χ4n) is 1.75. The van der Waals surface area contributed by atoms with Crippen molar-refractivity contribution in [1.29, 1.82) is 0 Å². The molecule has 0 bridgehead atoms. The maximum Gasteiger partial charge on any atom is 0.245 e. The Morgan fingerprint density at radius 3 is 2.61 bits per heavy atom. The molecule has 4 N–H and O–H groups in total. The molecule has 0 unspecified atom stereocenters. The summed E-state index contributed by atoms with van der Waals surface area (Å²) in [7, 11) is 0. The molecule has 8 heteroatoms. The summed E-state index contributed by atoms with van der Waals surface area (Å²) in [6.07, 6.45) is 0. The highest BCUT2D eigenvalue weighted by Gasteiger charge is 2.23. The Morgan fingerprint density at radius 2 is 2.00 bits per heavy atom. The number of thiophene rings is 1. The van der Waals surface area contributed by atoms with Crippen LogP contribution in [0.15, 0.2) is 12.1 Å². The third-order valence-corrected chi connectivity index (χ3v) is 4.99. The first kappa shape index (κ1) is 17.6. The smallest absolute Gasteiger partial charge is 0.245 e. The zero-order valence-corrected chi connectivity index (χ0v) is 15.2. The van der Waals surface area contributed by atoms with E-state index in [1.807, 2.05) is 19.1 Å². The van der Waals surface area contributed by atoms with Gasteiger partial charge in [-0.2, -0.15) is 0 Å².